The van der Waals surface area contributed by atoms with E-state index in [9.17, 15) is 17.4 Å². The van der Waals surface area contributed by atoms with Crippen molar-refractivity contribution in [3.8, 4) is 0 Å². The molecule has 0 amide bonds. The SMILES string of the molecule is N=C(N)c1ccc(S(=O)N2CCc3cc(C(=N)/C=C\C(=N)C(F)(F)F)ccc32)cc1. The molecule has 0 fully saturated rings. The van der Waals surface area contributed by atoms with Crippen molar-refractivity contribution in [3.05, 3.63) is 71.3 Å². The quantitative estimate of drug-likeness (QED) is 0.412. The van der Waals surface area contributed by atoms with Crippen LogP contribution in [0.4, 0.5) is 18.9 Å². The predicted molar refractivity (Wildman–Crippen MR) is 111 cm³/mol. The highest BCUT2D eigenvalue weighted by Gasteiger charge is 2.32. The molecule has 0 aliphatic carbocycles. The van der Waals surface area contributed by atoms with Gasteiger partial charge in [0.2, 0.25) is 0 Å². The minimum atomic E-state index is -4.75. The Bertz CT molecular complexity index is 1080. The lowest BCUT2D eigenvalue weighted by Gasteiger charge is -2.18. The van der Waals surface area contributed by atoms with Gasteiger partial charge in [0.25, 0.3) is 0 Å². The molecule has 0 saturated heterocycles. The zero-order chi connectivity index (χ0) is 22.1. The van der Waals surface area contributed by atoms with Crippen LogP contribution in [-0.4, -0.2) is 34.2 Å². The average Bonchev–Trinajstić information content (AvgIpc) is 3.13. The molecule has 5 N–H and O–H groups in total. The summed E-state index contributed by atoms with van der Waals surface area (Å²) in [6.45, 7) is 0.488. The van der Waals surface area contributed by atoms with E-state index in [1.807, 2.05) is 0 Å². The highest BCUT2D eigenvalue weighted by molar-refractivity contribution is 7.86. The van der Waals surface area contributed by atoms with E-state index in [1.54, 1.807) is 46.8 Å². The van der Waals surface area contributed by atoms with Crippen molar-refractivity contribution in [1.82, 2.24) is 0 Å². The number of nitrogen functional groups attached to an aromatic ring is 1. The molecule has 1 atom stereocenters. The van der Waals surface area contributed by atoms with E-state index in [0.29, 0.717) is 35.1 Å². The predicted octanol–water partition coefficient (Wildman–Crippen LogP) is 3.56. The first-order valence-electron chi connectivity index (χ1n) is 8.77. The fraction of sp³-hybridized carbons (Fsp3) is 0.150. The van der Waals surface area contributed by atoms with Crippen molar-refractivity contribution in [2.45, 2.75) is 17.5 Å². The number of hydrogen-bond donors (Lipinski definition) is 4. The van der Waals surface area contributed by atoms with Crippen molar-refractivity contribution in [2.24, 2.45) is 5.73 Å². The summed E-state index contributed by atoms with van der Waals surface area (Å²) in [7, 11) is -1.48. The van der Waals surface area contributed by atoms with Crippen molar-refractivity contribution < 1.29 is 17.4 Å². The first-order chi connectivity index (χ1) is 14.1. The third kappa shape index (κ3) is 4.48. The Morgan fingerprint density at radius 3 is 2.27 bits per heavy atom. The van der Waals surface area contributed by atoms with Gasteiger partial charge in [-0.2, -0.15) is 13.2 Å². The number of halogens is 3. The molecule has 10 heteroatoms. The molecule has 1 unspecified atom stereocenters. The smallest absolute Gasteiger partial charge is 0.384 e. The number of fused-ring (bicyclic) bond motifs is 1. The van der Waals surface area contributed by atoms with Crippen LogP contribution in [0, 0.1) is 16.2 Å². The summed E-state index contributed by atoms with van der Waals surface area (Å²) < 4.78 is 51.9. The first-order valence-corrected chi connectivity index (χ1v) is 9.88. The maximum atomic E-state index is 12.9. The molecule has 1 heterocycles. The number of benzene rings is 2. The third-order valence-corrected chi connectivity index (χ3v) is 5.99. The van der Waals surface area contributed by atoms with Gasteiger partial charge in [-0.15, -0.1) is 0 Å². The van der Waals surface area contributed by atoms with Crippen LogP contribution in [0.5, 0.6) is 0 Å². The van der Waals surface area contributed by atoms with Gasteiger partial charge in [-0.1, -0.05) is 18.2 Å². The second kappa shape index (κ2) is 8.23. The summed E-state index contributed by atoms with van der Waals surface area (Å²) in [5.41, 5.74) is 6.28. The summed E-state index contributed by atoms with van der Waals surface area (Å²) in [5.74, 6) is -0.0757. The molecule has 3 rings (SSSR count). The van der Waals surface area contributed by atoms with Crippen LogP contribution in [0.2, 0.25) is 0 Å². The Morgan fingerprint density at radius 2 is 1.67 bits per heavy atom. The van der Waals surface area contributed by atoms with Crippen LogP contribution in [0.25, 0.3) is 0 Å². The van der Waals surface area contributed by atoms with E-state index in [1.165, 1.54) is 0 Å². The maximum Gasteiger partial charge on any atom is 0.432 e. The fourth-order valence-electron chi connectivity index (χ4n) is 2.95. The molecule has 30 heavy (non-hydrogen) atoms. The monoisotopic (exact) mass is 433 g/mol. The Hall–Kier alpha value is -3.27. The van der Waals surface area contributed by atoms with Gasteiger partial charge in [0.1, 0.15) is 11.5 Å². The standard InChI is InChI=1S/C20H18F3N5OS/c21-20(22,23)18(25)8-6-16(24)13-3-7-17-14(11-13)9-10-28(17)30(29)15-4-1-12(2-5-15)19(26)27/h1-8,11,24-25H,9-10H2,(H3,26,27)/b8-6-,24-16?,25-18?. The Kier molecular flexibility index (Phi) is 5.88. The lowest BCUT2D eigenvalue weighted by atomic mass is 10.0. The van der Waals surface area contributed by atoms with Crippen LogP contribution in [0.1, 0.15) is 16.7 Å². The molecule has 0 aromatic heterocycles. The van der Waals surface area contributed by atoms with Gasteiger partial charge in [-0.3, -0.25) is 15.1 Å². The highest BCUT2D eigenvalue weighted by atomic mass is 32.2. The largest absolute Gasteiger partial charge is 0.432 e. The van der Waals surface area contributed by atoms with E-state index >= 15 is 0 Å². The number of allylic oxidation sites excluding steroid dienone is 2. The Morgan fingerprint density at radius 1 is 1.03 bits per heavy atom. The summed E-state index contributed by atoms with van der Waals surface area (Å²) in [6.07, 6.45) is -2.67. The van der Waals surface area contributed by atoms with Gasteiger partial charge in [0, 0.05) is 12.1 Å². The van der Waals surface area contributed by atoms with Crippen molar-refractivity contribution >= 4 is 33.9 Å². The zero-order valence-corrected chi connectivity index (χ0v) is 16.4. The molecular formula is C20H18F3N5OS. The van der Waals surface area contributed by atoms with Crippen molar-refractivity contribution in [3.63, 3.8) is 0 Å². The second-order valence-corrected chi connectivity index (χ2v) is 7.95. The molecule has 1 aliphatic rings. The van der Waals surface area contributed by atoms with Gasteiger partial charge in [0.05, 0.1) is 16.3 Å². The molecular weight excluding hydrogens is 415 g/mol. The topological polar surface area (TPSA) is 118 Å². The molecule has 1 aliphatic heterocycles. The third-order valence-electron chi connectivity index (χ3n) is 4.53. The molecule has 0 radical (unpaired) electrons. The fourth-order valence-corrected chi connectivity index (χ4v) is 4.18. The molecule has 2 aromatic rings. The van der Waals surface area contributed by atoms with E-state index < -0.39 is 22.9 Å². The normalized spacial score (nSPS) is 14.6. The first kappa shape index (κ1) is 21.4. The minimum Gasteiger partial charge on any atom is -0.384 e. The number of nitrogens with zero attached hydrogens (tertiary/aromatic N) is 1. The van der Waals surface area contributed by atoms with E-state index in [4.69, 9.17) is 22.0 Å². The minimum absolute atomic E-state index is 0.0757. The number of nitrogens with one attached hydrogen (secondary N) is 3. The summed E-state index contributed by atoms with van der Waals surface area (Å²) >= 11 is 0. The van der Waals surface area contributed by atoms with E-state index in [-0.39, 0.29) is 11.5 Å². The van der Waals surface area contributed by atoms with Gasteiger partial charge in [-0.05, 0) is 54.0 Å². The second-order valence-electron chi connectivity index (χ2n) is 6.54. The molecule has 2 aromatic carbocycles. The number of anilines is 1. The number of rotatable bonds is 6. The van der Waals surface area contributed by atoms with Crippen LogP contribution >= 0.6 is 0 Å². The number of amidine groups is 1. The molecule has 0 spiro atoms. The van der Waals surface area contributed by atoms with Gasteiger partial charge >= 0.3 is 6.18 Å². The summed E-state index contributed by atoms with van der Waals surface area (Å²) in [4.78, 5) is 0.554. The number of hydrogen-bond acceptors (Lipinski definition) is 4. The number of nitrogens with two attached hydrogens (primary N) is 1. The maximum absolute atomic E-state index is 12.9. The Labute approximate surface area is 173 Å². The van der Waals surface area contributed by atoms with Gasteiger partial charge < -0.3 is 11.1 Å². The van der Waals surface area contributed by atoms with Crippen LogP contribution < -0.4 is 10.0 Å². The lowest BCUT2D eigenvalue weighted by Crippen LogP contribution is -2.23. The zero-order valence-electron chi connectivity index (χ0n) is 15.6. The van der Waals surface area contributed by atoms with E-state index in [0.717, 1.165) is 17.3 Å². The van der Waals surface area contributed by atoms with Crippen molar-refractivity contribution in [1.29, 1.82) is 16.2 Å². The average molecular weight is 433 g/mol. The Balaban J connectivity index is 1.78. The molecule has 156 valence electrons. The molecule has 0 saturated carbocycles. The molecule has 0 bridgehead atoms. The highest BCUT2D eigenvalue weighted by Crippen LogP contribution is 2.32. The van der Waals surface area contributed by atoms with Gasteiger partial charge in [-0.25, -0.2) is 4.21 Å². The summed E-state index contributed by atoms with van der Waals surface area (Å²) in [5, 5.41) is 22.3. The van der Waals surface area contributed by atoms with Crippen LogP contribution in [-0.2, 0) is 17.4 Å². The van der Waals surface area contributed by atoms with Crippen molar-refractivity contribution in [2.75, 3.05) is 10.8 Å². The summed E-state index contributed by atoms with van der Waals surface area (Å²) in [6, 6.07) is 11.5. The van der Waals surface area contributed by atoms with Crippen LogP contribution in [0.3, 0.4) is 0 Å². The van der Waals surface area contributed by atoms with Gasteiger partial charge in [0.15, 0.2) is 11.0 Å². The molecule has 6 nitrogen and oxygen atoms in total. The number of alkyl halides is 3. The van der Waals surface area contributed by atoms with E-state index in [2.05, 4.69) is 0 Å². The van der Waals surface area contributed by atoms with Crippen LogP contribution in [0.15, 0.2) is 59.5 Å². The lowest BCUT2D eigenvalue weighted by molar-refractivity contribution is -0.0584.